The number of carbonyl (C=O) groups is 1. The number of aromatic amines is 1. The maximum Gasteiger partial charge on any atom is 0.410 e. The Morgan fingerprint density at radius 3 is 2.76 bits per heavy atom. The van der Waals surface area contributed by atoms with Gasteiger partial charge in [-0.2, -0.15) is 0 Å². The van der Waals surface area contributed by atoms with Crippen LogP contribution in [0.25, 0.3) is 0 Å². The Kier molecular flexibility index (Phi) is 5.22. The predicted octanol–water partition coefficient (Wildman–Crippen LogP) is 1.94. The van der Waals surface area contributed by atoms with Crippen LogP contribution in [0.3, 0.4) is 0 Å². The second-order valence-corrected chi connectivity index (χ2v) is 6.52. The number of piperidine rings is 1. The summed E-state index contributed by atoms with van der Waals surface area (Å²) in [5, 5.41) is 3.54. The zero-order valence-electron chi connectivity index (χ0n) is 13.2. The molecule has 21 heavy (non-hydrogen) atoms. The maximum atomic E-state index is 12.0. The highest BCUT2D eigenvalue weighted by Crippen LogP contribution is 2.15. The number of ether oxygens (including phenoxy) is 1. The molecule has 0 atom stereocenters. The fraction of sp³-hybridized carbons (Fsp3) is 0.733. The summed E-state index contributed by atoms with van der Waals surface area (Å²) in [6.45, 7) is 8.14. The molecule has 1 saturated heterocycles. The van der Waals surface area contributed by atoms with Crippen molar-refractivity contribution >= 4 is 6.09 Å². The van der Waals surface area contributed by atoms with E-state index in [9.17, 15) is 4.79 Å². The molecule has 1 aliphatic rings. The van der Waals surface area contributed by atoms with Crippen LogP contribution in [0.2, 0.25) is 0 Å². The van der Waals surface area contributed by atoms with Crippen LogP contribution in [0, 0.1) is 0 Å². The van der Waals surface area contributed by atoms with Gasteiger partial charge in [0.15, 0.2) is 0 Å². The van der Waals surface area contributed by atoms with Gasteiger partial charge in [-0.15, -0.1) is 0 Å². The fourth-order valence-corrected chi connectivity index (χ4v) is 2.43. The molecule has 1 aliphatic heterocycles. The van der Waals surface area contributed by atoms with Gasteiger partial charge in [0.2, 0.25) is 0 Å². The number of carbonyl (C=O) groups excluding carboxylic acids is 1. The van der Waals surface area contributed by atoms with Gasteiger partial charge in [0.05, 0.1) is 6.33 Å². The van der Waals surface area contributed by atoms with E-state index in [1.165, 1.54) is 0 Å². The van der Waals surface area contributed by atoms with Crippen molar-refractivity contribution in [3.63, 3.8) is 0 Å². The molecule has 0 aliphatic carbocycles. The molecule has 0 bridgehead atoms. The van der Waals surface area contributed by atoms with Crippen LogP contribution >= 0.6 is 0 Å². The minimum Gasteiger partial charge on any atom is -0.444 e. The van der Waals surface area contributed by atoms with Crippen LogP contribution in [-0.4, -0.2) is 52.2 Å². The van der Waals surface area contributed by atoms with Crippen molar-refractivity contribution in [2.45, 2.75) is 51.7 Å². The van der Waals surface area contributed by atoms with Crippen molar-refractivity contribution in [1.82, 2.24) is 20.2 Å². The van der Waals surface area contributed by atoms with Crippen LogP contribution in [0.5, 0.6) is 0 Å². The van der Waals surface area contributed by atoms with Gasteiger partial charge in [0.1, 0.15) is 5.60 Å². The minimum absolute atomic E-state index is 0.196. The second-order valence-electron chi connectivity index (χ2n) is 6.52. The third kappa shape index (κ3) is 5.38. The van der Waals surface area contributed by atoms with E-state index in [0.29, 0.717) is 6.04 Å². The highest BCUT2D eigenvalue weighted by atomic mass is 16.6. The molecule has 1 aromatic rings. The monoisotopic (exact) mass is 294 g/mol. The first kappa shape index (κ1) is 15.8. The van der Waals surface area contributed by atoms with Crippen molar-refractivity contribution in [3.8, 4) is 0 Å². The van der Waals surface area contributed by atoms with E-state index in [4.69, 9.17) is 4.74 Å². The molecule has 0 saturated carbocycles. The van der Waals surface area contributed by atoms with Crippen molar-refractivity contribution in [3.05, 3.63) is 18.2 Å². The Balaban J connectivity index is 1.65. The van der Waals surface area contributed by atoms with E-state index >= 15 is 0 Å². The van der Waals surface area contributed by atoms with Gasteiger partial charge in [0.25, 0.3) is 0 Å². The third-order valence-corrected chi connectivity index (χ3v) is 3.53. The number of nitrogens with zero attached hydrogens (tertiary/aromatic N) is 2. The lowest BCUT2D eigenvalue weighted by Gasteiger charge is -2.33. The highest BCUT2D eigenvalue weighted by molar-refractivity contribution is 5.68. The molecule has 6 heteroatoms. The summed E-state index contributed by atoms with van der Waals surface area (Å²) in [5.74, 6) is 0. The molecule has 2 heterocycles. The first-order valence-electron chi connectivity index (χ1n) is 7.62. The molecule has 2 rings (SSSR count). The summed E-state index contributed by atoms with van der Waals surface area (Å²) in [5.41, 5.74) is 0.727. The number of hydrogen-bond donors (Lipinski definition) is 2. The van der Waals surface area contributed by atoms with E-state index in [1.807, 2.05) is 27.0 Å². The third-order valence-electron chi connectivity index (χ3n) is 3.53. The van der Waals surface area contributed by atoms with Gasteiger partial charge in [-0.3, -0.25) is 0 Å². The summed E-state index contributed by atoms with van der Waals surface area (Å²) in [7, 11) is 0. The van der Waals surface area contributed by atoms with Gasteiger partial charge in [-0.25, -0.2) is 9.78 Å². The number of hydrogen-bond acceptors (Lipinski definition) is 4. The van der Waals surface area contributed by atoms with Gasteiger partial charge in [-0.1, -0.05) is 0 Å². The molecule has 0 unspecified atom stereocenters. The molecular formula is C15H26N4O2. The largest absolute Gasteiger partial charge is 0.444 e. The molecule has 6 nitrogen and oxygen atoms in total. The molecule has 2 N–H and O–H groups in total. The smallest absolute Gasteiger partial charge is 0.410 e. The molecule has 0 aromatic carbocycles. The number of amides is 1. The van der Waals surface area contributed by atoms with Crippen molar-refractivity contribution in [1.29, 1.82) is 0 Å². The average molecular weight is 294 g/mol. The lowest BCUT2D eigenvalue weighted by Crippen LogP contribution is -2.46. The van der Waals surface area contributed by atoms with Crippen LogP contribution in [-0.2, 0) is 11.2 Å². The zero-order valence-corrected chi connectivity index (χ0v) is 13.2. The van der Waals surface area contributed by atoms with E-state index < -0.39 is 5.60 Å². The van der Waals surface area contributed by atoms with E-state index in [2.05, 4.69) is 15.3 Å². The normalized spacial score (nSPS) is 17.0. The second kappa shape index (κ2) is 6.93. The predicted molar refractivity (Wildman–Crippen MR) is 81.1 cm³/mol. The molecule has 1 amide bonds. The lowest BCUT2D eigenvalue weighted by molar-refractivity contribution is 0.0198. The summed E-state index contributed by atoms with van der Waals surface area (Å²) < 4.78 is 5.40. The molecular weight excluding hydrogens is 268 g/mol. The molecule has 0 radical (unpaired) electrons. The molecule has 118 valence electrons. The van der Waals surface area contributed by atoms with Crippen LogP contribution < -0.4 is 5.32 Å². The number of nitrogens with one attached hydrogen (secondary N) is 2. The first-order chi connectivity index (χ1) is 9.94. The van der Waals surface area contributed by atoms with E-state index in [0.717, 1.165) is 44.6 Å². The summed E-state index contributed by atoms with van der Waals surface area (Å²) in [6.07, 6.45) is 6.26. The van der Waals surface area contributed by atoms with E-state index in [-0.39, 0.29) is 6.09 Å². The Morgan fingerprint density at radius 1 is 1.48 bits per heavy atom. The Labute approximate surface area is 126 Å². The van der Waals surface area contributed by atoms with Crippen molar-refractivity contribution in [2.75, 3.05) is 19.6 Å². The van der Waals surface area contributed by atoms with Crippen LogP contribution in [0.15, 0.2) is 12.5 Å². The Morgan fingerprint density at radius 2 is 2.19 bits per heavy atom. The number of imidazole rings is 1. The fourth-order valence-electron chi connectivity index (χ4n) is 2.43. The highest BCUT2D eigenvalue weighted by Gasteiger charge is 2.26. The number of rotatable bonds is 4. The van der Waals surface area contributed by atoms with Crippen molar-refractivity contribution < 1.29 is 9.53 Å². The van der Waals surface area contributed by atoms with Gasteiger partial charge >= 0.3 is 6.09 Å². The number of aromatic nitrogens is 2. The SMILES string of the molecule is CC(C)(C)OC(=O)N1CCC(NCCc2cnc[nH]2)CC1. The molecule has 1 aromatic heterocycles. The number of likely N-dealkylation sites (tertiary alicyclic amines) is 1. The lowest BCUT2D eigenvalue weighted by atomic mass is 10.1. The Hall–Kier alpha value is -1.56. The topological polar surface area (TPSA) is 70.2 Å². The minimum atomic E-state index is -0.420. The van der Waals surface area contributed by atoms with E-state index in [1.54, 1.807) is 11.2 Å². The first-order valence-corrected chi connectivity index (χ1v) is 7.62. The number of H-pyrrole nitrogens is 1. The summed E-state index contributed by atoms with van der Waals surface area (Å²) >= 11 is 0. The average Bonchev–Trinajstić information content (AvgIpc) is 2.91. The van der Waals surface area contributed by atoms with Gasteiger partial charge < -0.3 is 19.9 Å². The quantitative estimate of drug-likeness (QED) is 0.890. The van der Waals surface area contributed by atoms with Crippen molar-refractivity contribution in [2.24, 2.45) is 0 Å². The Bertz CT molecular complexity index is 431. The van der Waals surface area contributed by atoms with Crippen LogP contribution in [0.1, 0.15) is 39.3 Å². The standard InChI is InChI=1S/C15H26N4O2/c1-15(2,3)21-14(20)19-8-5-12(6-9-19)17-7-4-13-10-16-11-18-13/h10-12,17H,4-9H2,1-3H3,(H,16,18). The van der Waals surface area contributed by atoms with Crippen LogP contribution in [0.4, 0.5) is 4.79 Å². The molecule has 0 spiro atoms. The summed E-state index contributed by atoms with van der Waals surface area (Å²) in [4.78, 5) is 20.9. The summed E-state index contributed by atoms with van der Waals surface area (Å²) in [6, 6.07) is 0.478. The van der Waals surface area contributed by atoms with Gasteiger partial charge in [0, 0.05) is 44.0 Å². The zero-order chi connectivity index (χ0) is 15.3. The maximum absolute atomic E-state index is 12.0. The molecule has 1 fully saturated rings. The van der Waals surface area contributed by atoms with Gasteiger partial charge in [-0.05, 0) is 33.6 Å².